The maximum absolute atomic E-state index is 11.6. The SMILES string of the molecule is CCC1=CC(=O)N(CCOC(=O)/C=C\C(=O)[O-])C1=O. The van der Waals surface area contributed by atoms with Gasteiger partial charge < -0.3 is 14.6 Å². The number of carboxylic acids is 1. The van der Waals surface area contributed by atoms with Crippen molar-refractivity contribution in [2.45, 2.75) is 13.3 Å². The highest BCUT2D eigenvalue weighted by molar-refractivity contribution is 6.16. The second-order valence-corrected chi connectivity index (χ2v) is 3.64. The van der Waals surface area contributed by atoms with Crippen LogP contribution in [-0.2, 0) is 23.9 Å². The molecule has 7 nitrogen and oxygen atoms in total. The minimum Gasteiger partial charge on any atom is -0.545 e. The number of carbonyl (C=O) groups is 4. The summed E-state index contributed by atoms with van der Waals surface area (Å²) in [6.07, 6.45) is 2.93. The van der Waals surface area contributed by atoms with Gasteiger partial charge in [-0.3, -0.25) is 14.5 Å². The molecular weight excluding hydrogens is 254 g/mol. The highest BCUT2D eigenvalue weighted by atomic mass is 16.5. The van der Waals surface area contributed by atoms with E-state index < -0.39 is 23.8 Å². The number of rotatable bonds is 6. The quantitative estimate of drug-likeness (QED) is 0.330. The second kappa shape index (κ2) is 6.48. The fourth-order valence-corrected chi connectivity index (χ4v) is 1.45. The fourth-order valence-electron chi connectivity index (χ4n) is 1.45. The molecule has 0 fully saturated rings. The molecule has 19 heavy (non-hydrogen) atoms. The van der Waals surface area contributed by atoms with E-state index in [9.17, 15) is 24.3 Å². The number of nitrogens with zero attached hydrogens (tertiary/aromatic N) is 1. The molecule has 0 aromatic carbocycles. The Labute approximate surface area is 109 Å². The van der Waals surface area contributed by atoms with E-state index in [-0.39, 0.29) is 13.2 Å². The third-order valence-electron chi connectivity index (χ3n) is 2.38. The van der Waals surface area contributed by atoms with Crippen LogP contribution in [0.1, 0.15) is 13.3 Å². The number of imide groups is 1. The van der Waals surface area contributed by atoms with Gasteiger partial charge in [0.25, 0.3) is 11.8 Å². The first kappa shape index (κ1) is 14.6. The Balaban J connectivity index is 2.39. The van der Waals surface area contributed by atoms with Gasteiger partial charge in [0, 0.05) is 17.7 Å². The minimum atomic E-state index is -1.52. The first-order chi connectivity index (χ1) is 8.95. The molecular formula is C12H12NO6-. The van der Waals surface area contributed by atoms with Gasteiger partial charge in [-0.1, -0.05) is 6.92 Å². The van der Waals surface area contributed by atoms with Crippen LogP contribution in [0.4, 0.5) is 0 Å². The smallest absolute Gasteiger partial charge is 0.330 e. The first-order valence-corrected chi connectivity index (χ1v) is 5.58. The Kier molecular flexibility index (Phi) is 4.99. The Hall–Kier alpha value is -2.44. The van der Waals surface area contributed by atoms with E-state index in [1.165, 1.54) is 6.08 Å². The van der Waals surface area contributed by atoms with Gasteiger partial charge in [0.2, 0.25) is 0 Å². The summed E-state index contributed by atoms with van der Waals surface area (Å²) in [5.74, 6) is -3.23. The molecule has 0 saturated heterocycles. The van der Waals surface area contributed by atoms with Crippen LogP contribution in [-0.4, -0.2) is 41.8 Å². The van der Waals surface area contributed by atoms with Crippen LogP contribution in [0.5, 0.6) is 0 Å². The highest BCUT2D eigenvalue weighted by Gasteiger charge is 2.29. The lowest BCUT2D eigenvalue weighted by Crippen LogP contribution is -2.34. The third kappa shape index (κ3) is 4.06. The van der Waals surface area contributed by atoms with Gasteiger partial charge in [-0.15, -0.1) is 0 Å². The minimum absolute atomic E-state index is 0.0669. The lowest BCUT2D eigenvalue weighted by atomic mass is 10.2. The number of carbonyl (C=O) groups excluding carboxylic acids is 4. The van der Waals surface area contributed by atoms with Gasteiger partial charge in [0.15, 0.2) is 0 Å². The average molecular weight is 266 g/mol. The average Bonchev–Trinajstić information content (AvgIpc) is 2.63. The van der Waals surface area contributed by atoms with Gasteiger partial charge in [0.05, 0.1) is 12.5 Å². The van der Waals surface area contributed by atoms with Crippen LogP contribution in [0.15, 0.2) is 23.8 Å². The van der Waals surface area contributed by atoms with Crippen molar-refractivity contribution >= 4 is 23.8 Å². The zero-order chi connectivity index (χ0) is 14.4. The van der Waals surface area contributed by atoms with E-state index in [1.807, 2.05) is 0 Å². The van der Waals surface area contributed by atoms with E-state index in [0.29, 0.717) is 24.1 Å². The van der Waals surface area contributed by atoms with Gasteiger partial charge in [-0.05, 0) is 12.5 Å². The number of hydrogen-bond acceptors (Lipinski definition) is 6. The first-order valence-electron chi connectivity index (χ1n) is 5.58. The summed E-state index contributed by atoms with van der Waals surface area (Å²) < 4.78 is 4.63. The molecule has 0 aromatic heterocycles. The number of ether oxygens (including phenoxy) is 1. The van der Waals surface area contributed by atoms with Crippen molar-refractivity contribution in [2.24, 2.45) is 0 Å². The third-order valence-corrected chi connectivity index (χ3v) is 2.38. The zero-order valence-electron chi connectivity index (χ0n) is 10.3. The van der Waals surface area contributed by atoms with Crippen LogP contribution >= 0.6 is 0 Å². The summed E-state index contributed by atoms with van der Waals surface area (Å²) in [6, 6.07) is 0. The second-order valence-electron chi connectivity index (χ2n) is 3.64. The maximum Gasteiger partial charge on any atom is 0.330 e. The Bertz CT molecular complexity index is 477. The molecule has 0 aliphatic carbocycles. The van der Waals surface area contributed by atoms with E-state index in [1.54, 1.807) is 6.92 Å². The summed E-state index contributed by atoms with van der Waals surface area (Å²) in [4.78, 5) is 45.1. The Morgan fingerprint density at radius 3 is 2.58 bits per heavy atom. The molecule has 0 N–H and O–H groups in total. The number of aliphatic carboxylic acids is 1. The molecule has 1 aliphatic heterocycles. The summed E-state index contributed by atoms with van der Waals surface area (Å²) >= 11 is 0. The number of amides is 2. The molecule has 7 heteroatoms. The summed E-state index contributed by atoms with van der Waals surface area (Å²) in [5, 5.41) is 10.0. The summed E-state index contributed by atoms with van der Waals surface area (Å²) in [6.45, 7) is 1.49. The van der Waals surface area contributed by atoms with Crippen LogP contribution in [0, 0.1) is 0 Å². The normalized spacial score (nSPS) is 15.0. The zero-order valence-corrected chi connectivity index (χ0v) is 10.3. The van der Waals surface area contributed by atoms with E-state index in [0.717, 1.165) is 4.90 Å². The lowest BCUT2D eigenvalue weighted by Gasteiger charge is -2.14. The van der Waals surface area contributed by atoms with Crippen LogP contribution in [0.3, 0.4) is 0 Å². The molecule has 1 aliphatic rings. The van der Waals surface area contributed by atoms with E-state index >= 15 is 0 Å². The lowest BCUT2D eigenvalue weighted by molar-refractivity contribution is -0.297. The molecule has 1 heterocycles. The summed E-state index contributed by atoms with van der Waals surface area (Å²) in [7, 11) is 0. The van der Waals surface area contributed by atoms with Crippen LogP contribution in [0.25, 0.3) is 0 Å². The van der Waals surface area contributed by atoms with E-state index in [2.05, 4.69) is 4.74 Å². The van der Waals surface area contributed by atoms with Gasteiger partial charge in [-0.25, -0.2) is 4.79 Å². The Morgan fingerprint density at radius 2 is 2.05 bits per heavy atom. The monoisotopic (exact) mass is 266 g/mol. The van der Waals surface area contributed by atoms with Gasteiger partial charge in [0.1, 0.15) is 6.61 Å². The molecule has 0 radical (unpaired) electrons. The van der Waals surface area contributed by atoms with Crippen molar-refractivity contribution in [1.82, 2.24) is 4.90 Å². The molecule has 1 rings (SSSR count). The van der Waals surface area contributed by atoms with Crippen LogP contribution in [0.2, 0.25) is 0 Å². The molecule has 102 valence electrons. The maximum atomic E-state index is 11.6. The molecule has 0 spiro atoms. The van der Waals surface area contributed by atoms with Gasteiger partial charge >= 0.3 is 5.97 Å². The largest absolute Gasteiger partial charge is 0.545 e. The van der Waals surface area contributed by atoms with Crippen molar-refractivity contribution in [2.75, 3.05) is 13.2 Å². The number of carboxylic acid groups (broad SMARTS) is 1. The number of hydrogen-bond donors (Lipinski definition) is 0. The molecule has 0 saturated carbocycles. The molecule has 0 aromatic rings. The molecule has 0 bridgehead atoms. The van der Waals surface area contributed by atoms with Crippen molar-refractivity contribution in [1.29, 1.82) is 0 Å². The van der Waals surface area contributed by atoms with Gasteiger partial charge in [-0.2, -0.15) is 0 Å². The van der Waals surface area contributed by atoms with Crippen molar-refractivity contribution in [3.63, 3.8) is 0 Å². The predicted molar refractivity (Wildman–Crippen MR) is 60.2 cm³/mol. The fraction of sp³-hybridized carbons (Fsp3) is 0.333. The summed E-state index contributed by atoms with van der Waals surface area (Å²) in [5.41, 5.74) is 0.410. The number of esters is 1. The van der Waals surface area contributed by atoms with Crippen molar-refractivity contribution in [3.8, 4) is 0 Å². The molecule has 0 atom stereocenters. The van der Waals surface area contributed by atoms with Crippen LogP contribution < -0.4 is 5.11 Å². The Morgan fingerprint density at radius 1 is 1.37 bits per heavy atom. The highest BCUT2D eigenvalue weighted by Crippen LogP contribution is 2.14. The molecule has 0 unspecified atom stereocenters. The standard InChI is InChI=1S/C12H13NO6/c1-2-8-7-9(14)13(12(8)18)5-6-19-11(17)4-3-10(15)16/h3-4,7H,2,5-6H2,1H3,(H,15,16)/p-1/b4-3-. The van der Waals surface area contributed by atoms with E-state index in [4.69, 9.17) is 0 Å². The molecule has 2 amide bonds. The predicted octanol–water partition coefficient (Wildman–Crippen LogP) is -1.46. The van der Waals surface area contributed by atoms with Crippen molar-refractivity contribution < 1.29 is 29.0 Å². The topological polar surface area (TPSA) is 104 Å². The van der Waals surface area contributed by atoms with Crippen molar-refractivity contribution in [3.05, 3.63) is 23.8 Å².